The van der Waals surface area contributed by atoms with Gasteiger partial charge in [0.2, 0.25) is 0 Å². The molecule has 0 aliphatic heterocycles. The molecule has 49 heavy (non-hydrogen) atoms. The minimum absolute atomic E-state index is 0.0683. The fraction of sp³-hybridized carbons (Fsp3) is 0.930. The van der Waals surface area contributed by atoms with Crippen molar-refractivity contribution in [3.63, 3.8) is 0 Å². The smallest absolute Gasteiger partial charge is 0.306 e. The molecule has 0 N–H and O–H groups in total. The highest BCUT2D eigenvalue weighted by molar-refractivity contribution is 5.71. The molecule has 290 valence electrons. The maximum atomic E-state index is 12.6. The Hall–Kier alpha value is -1.59. The second-order valence-corrected chi connectivity index (χ2v) is 15.8. The molecule has 0 rings (SSSR count). The molecule has 0 aliphatic rings. The molecule has 0 saturated heterocycles. The fourth-order valence-electron chi connectivity index (χ4n) is 6.14. The fourth-order valence-corrected chi connectivity index (χ4v) is 6.14. The van der Waals surface area contributed by atoms with E-state index in [-0.39, 0.29) is 31.1 Å². The SMILES string of the molecule is CCC(C)CCCCCCCCC(=O)OC[C@@H](COC(=O)CCCCCCCCCCCC(C)C)OC(=O)CCCCCCCCC(C)C. The van der Waals surface area contributed by atoms with Crippen LogP contribution < -0.4 is 0 Å². The molecule has 0 aromatic carbocycles. The molecule has 0 fully saturated rings. The van der Waals surface area contributed by atoms with Crippen molar-refractivity contribution < 1.29 is 28.6 Å². The number of carbonyl (C=O) groups is 3. The molecular formula is C43H82O6. The van der Waals surface area contributed by atoms with Crippen LogP contribution in [-0.4, -0.2) is 37.2 Å². The number of hydrogen-bond donors (Lipinski definition) is 0. The zero-order valence-corrected chi connectivity index (χ0v) is 33.5. The van der Waals surface area contributed by atoms with E-state index in [1.165, 1.54) is 103 Å². The second-order valence-electron chi connectivity index (χ2n) is 15.8. The standard InChI is InChI=1S/C43H82O6/c1-7-39(6)31-25-19-14-16-21-27-33-42(45)48-36-40(49-43(46)34-28-22-15-13-18-24-30-38(4)5)35-47-41(44)32-26-20-12-10-8-9-11-17-23-29-37(2)3/h37-40H,7-36H2,1-6H3/t39?,40-/m1/s1. The number of unbranched alkanes of at least 4 members (excludes halogenated alkanes) is 18. The Balaban J connectivity index is 4.36. The average Bonchev–Trinajstić information content (AvgIpc) is 3.06. The molecule has 0 heterocycles. The first kappa shape index (κ1) is 47.4. The van der Waals surface area contributed by atoms with Gasteiger partial charge in [0, 0.05) is 19.3 Å². The monoisotopic (exact) mass is 695 g/mol. The van der Waals surface area contributed by atoms with Gasteiger partial charge in [-0.15, -0.1) is 0 Å². The van der Waals surface area contributed by atoms with Crippen molar-refractivity contribution >= 4 is 17.9 Å². The maximum absolute atomic E-state index is 12.6. The number of hydrogen-bond acceptors (Lipinski definition) is 6. The van der Waals surface area contributed by atoms with Gasteiger partial charge in [-0.25, -0.2) is 0 Å². The van der Waals surface area contributed by atoms with E-state index in [1.807, 2.05) is 0 Å². The Morgan fingerprint density at radius 3 is 1.06 bits per heavy atom. The second kappa shape index (κ2) is 34.8. The maximum Gasteiger partial charge on any atom is 0.306 e. The summed E-state index contributed by atoms with van der Waals surface area (Å²) < 4.78 is 16.6. The Morgan fingerprint density at radius 2 is 0.714 bits per heavy atom. The molecule has 2 atom stereocenters. The van der Waals surface area contributed by atoms with Gasteiger partial charge in [0.05, 0.1) is 0 Å². The molecule has 0 bridgehead atoms. The van der Waals surface area contributed by atoms with Crippen molar-refractivity contribution in [2.45, 2.75) is 227 Å². The lowest BCUT2D eigenvalue weighted by Crippen LogP contribution is -2.30. The number of esters is 3. The number of ether oxygens (including phenoxy) is 3. The topological polar surface area (TPSA) is 78.9 Å². The van der Waals surface area contributed by atoms with E-state index in [0.29, 0.717) is 19.3 Å². The summed E-state index contributed by atoms with van der Waals surface area (Å²) in [6.45, 7) is 13.5. The lowest BCUT2D eigenvalue weighted by atomic mass is 10.00. The summed E-state index contributed by atoms with van der Waals surface area (Å²) in [4.78, 5) is 37.5. The van der Waals surface area contributed by atoms with Gasteiger partial charge in [-0.2, -0.15) is 0 Å². The summed E-state index contributed by atoms with van der Waals surface area (Å²) in [5.41, 5.74) is 0. The van der Waals surface area contributed by atoms with Crippen LogP contribution in [-0.2, 0) is 28.6 Å². The number of carbonyl (C=O) groups excluding carboxylic acids is 3. The van der Waals surface area contributed by atoms with Crippen LogP contribution in [0.4, 0.5) is 0 Å². The van der Waals surface area contributed by atoms with Crippen LogP contribution in [0.1, 0.15) is 221 Å². The van der Waals surface area contributed by atoms with Crippen molar-refractivity contribution in [3.05, 3.63) is 0 Å². The molecule has 0 radical (unpaired) electrons. The third kappa shape index (κ3) is 36.0. The minimum Gasteiger partial charge on any atom is -0.462 e. The Morgan fingerprint density at radius 1 is 0.408 bits per heavy atom. The highest BCUT2D eigenvalue weighted by Gasteiger charge is 2.19. The molecule has 0 aromatic heterocycles. The average molecular weight is 695 g/mol. The van der Waals surface area contributed by atoms with Gasteiger partial charge in [-0.1, -0.05) is 183 Å². The van der Waals surface area contributed by atoms with E-state index in [4.69, 9.17) is 14.2 Å². The molecule has 0 spiro atoms. The summed E-state index contributed by atoms with van der Waals surface area (Å²) in [6.07, 6.45) is 29.6. The van der Waals surface area contributed by atoms with Crippen LogP contribution in [0.15, 0.2) is 0 Å². The van der Waals surface area contributed by atoms with Crippen molar-refractivity contribution in [1.82, 2.24) is 0 Å². The summed E-state index contributed by atoms with van der Waals surface area (Å²) in [6, 6.07) is 0. The van der Waals surface area contributed by atoms with Gasteiger partial charge in [0.1, 0.15) is 13.2 Å². The first-order chi connectivity index (χ1) is 23.6. The molecule has 0 aliphatic carbocycles. The van der Waals surface area contributed by atoms with Gasteiger partial charge >= 0.3 is 17.9 Å². The van der Waals surface area contributed by atoms with Crippen LogP contribution in [0, 0.1) is 17.8 Å². The molecule has 6 heteroatoms. The lowest BCUT2D eigenvalue weighted by molar-refractivity contribution is -0.167. The van der Waals surface area contributed by atoms with Gasteiger partial charge in [0.15, 0.2) is 6.10 Å². The highest BCUT2D eigenvalue weighted by Crippen LogP contribution is 2.16. The minimum atomic E-state index is -0.762. The quantitative estimate of drug-likeness (QED) is 0.0369. The third-order valence-electron chi connectivity index (χ3n) is 9.76. The Labute approximate surface area is 304 Å². The third-order valence-corrected chi connectivity index (χ3v) is 9.76. The van der Waals surface area contributed by atoms with Gasteiger partial charge in [-0.05, 0) is 37.0 Å². The highest BCUT2D eigenvalue weighted by atomic mass is 16.6. The summed E-state index contributed by atoms with van der Waals surface area (Å²) in [5.74, 6) is 1.51. The summed E-state index contributed by atoms with van der Waals surface area (Å²) in [5, 5.41) is 0. The van der Waals surface area contributed by atoms with E-state index >= 15 is 0 Å². The summed E-state index contributed by atoms with van der Waals surface area (Å²) >= 11 is 0. The van der Waals surface area contributed by atoms with Crippen molar-refractivity contribution in [3.8, 4) is 0 Å². The Kier molecular flexibility index (Phi) is 33.7. The van der Waals surface area contributed by atoms with Crippen molar-refractivity contribution in [2.75, 3.05) is 13.2 Å². The normalized spacial score (nSPS) is 12.7. The van der Waals surface area contributed by atoms with Crippen LogP contribution in [0.5, 0.6) is 0 Å². The zero-order valence-electron chi connectivity index (χ0n) is 33.5. The van der Waals surface area contributed by atoms with E-state index in [2.05, 4.69) is 41.5 Å². The number of rotatable bonds is 36. The molecule has 0 aromatic rings. The molecule has 0 amide bonds. The van der Waals surface area contributed by atoms with E-state index < -0.39 is 6.10 Å². The van der Waals surface area contributed by atoms with Crippen molar-refractivity contribution in [1.29, 1.82) is 0 Å². The zero-order chi connectivity index (χ0) is 36.4. The van der Waals surface area contributed by atoms with Crippen LogP contribution in [0.3, 0.4) is 0 Å². The van der Waals surface area contributed by atoms with E-state index in [0.717, 1.165) is 75.5 Å². The molecule has 1 unspecified atom stereocenters. The van der Waals surface area contributed by atoms with Crippen LogP contribution in [0.25, 0.3) is 0 Å². The van der Waals surface area contributed by atoms with E-state index in [1.54, 1.807) is 0 Å². The van der Waals surface area contributed by atoms with Gasteiger partial charge in [-0.3, -0.25) is 14.4 Å². The van der Waals surface area contributed by atoms with Crippen LogP contribution >= 0.6 is 0 Å². The van der Waals surface area contributed by atoms with Gasteiger partial charge in [0.25, 0.3) is 0 Å². The van der Waals surface area contributed by atoms with E-state index in [9.17, 15) is 14.4 Å². The molecule has 6 nitrogen and oxygen atoms in total. The van der Waals surface area contributed by atoms with Crippen LogP contribution in [0.2, 0.25) is 0 Å². The lowest BCUT2D eigenvalue weighted by Gasteiger charge is -2.18. The first-order valence-electron chi connectivity index (χ1n) is 21.1. The first-order valence-corrected chi connectivity index (χ1v) is 21.1. The van der Waals surface area contributed by atoms with Gasteiger partial charge < -0.3 is 14.2 Å². The molecule has 0 saturated carbocycles. The summed E-state index contributed by atoms with van der Waals surface area (Å²) in [7, 11) is 0. The Bertz CT molecular complexity index is 763. The molecular weight excluding hydrogens is 612 g/mol. The van der Waals surface area contributed by atoms with Crippen molar-refractivity contribution in [2.24, 2.45) is 17.8 Å². The predicted molar refractivity (Wildman–Crippen MR) is 206 cm³/mol. The predicted octanol–water partition coefficient (Wildman–Crippen LogP) is 12.9. The largest absolute Gasteiger partial charge is 0.462 e.